The molecule has 0 radical (unpaired) electrons. The SMILES string of the molecule is N[C@@H](C(=O)O)[C@@H](O)c1ccccc1F. The summed E-state index contributed by atoms with van der Waals surface area (Å²) in [7, 11) is 0. The van der Waals surface area contributed by atoms with Crippen molar-refractivity contribution >= 4 is 5.97 Å². The van der Waals surface area contributed by atoms with Crippen LogP contribution in [-0.4, -0.2) is 22.2 Å². The van der Waals surface area contributed by atoms with Crippen LogP contribution in [0.25, 0.3) is 0 Å². The van der Waals surface area contributed by atoms with Crippen LogP contribution in [0.15, 0.2) is 24.3 Å². The highest BCUT2D eigenvalue weighted by molar-refractivity contribution is 5.74. The number of carbonyl (C=O) groups is 1. The van der Waals surface area contributed by atoms with E-state index in [0.717, 1.165) is 6.07 Å². The fourth-order valence-electron chi connectivity index (χ4n) is 1.04. The molecule has 0 saturated heterocycles. The average Bonchev–Trinajstić information content (AvgIpc) is 2.16. The number of halogens is 1. The summed E-state index contributed by atoms with van der Waals surface area (Å²) < 4.78 is 13.1. The van der Waals surface area contributed by atoms with Crippen molar-refractivity contribution in [2.45, 2.75) is 12.1 Å². The highest BCUT2D eigenvalue weighted by atomic mass is 19.1. The molecule has 0 aliphatic carbocycles. The lowest BCUT2D eigenvalue weighted by atomic mass is 10.0. The van der Waals surface area contributed by atoms with Gasteiger partial charge < -0.3 is 15.9 Å². The van der Waals surface area contributed by atoms with Gasteiger partial charge in [-0.15, -0.1) is 0 Å². The molecule has 0 fully saturated rings. The van der Waals surface area contributed by atoms with Gasteiger partial charge in [0.2, 0.25) is 0 Å². The zero-order valence-electron chi connectivity index (χ0n) is 7.22. The molecular weight excluding hydrogens is 189 g/mol. The molecule has 2 atom stereocenters. The Labute approximate surface area is 79.8 Å². The second-order valence-electron chi connectivity index (χ2n) is 2.83. The number of carboxylic acids is 1. The molecule has 4 N–H and O–H groups in total. The Balaban J connectivity index is 2.94. The minimum atomic E-state index is -1.53. The van der Waals surface area contributed by atoms with Crippen LogP contribution in [0.2, 0.25) is 0 Å². The van der Waals surface area contributed by atoms with Crippen molar-refractivity contribution in [2.24, 2.45) is 5.73 Å². The van der Waals surface area contributed by atoms with E-state index in [-0.39, 0.29) is 5.56 Å². The van der Waals surface area contributed by atoms with Crippen LogP contribution in [0, 0.1) is 5.82 Å². The number of nitrogens with two attached hydrogens (primary N) is 1. The average molecular weight is 199 g/mol. The number of aliphatic hydroxyl groups excluding tert-OH is 1. The Hall–Kier alpha value is -1.46. The van der Waals surface area contributed by atoms with E-state index in [2.05, 4.69) is 0 Å². The Kier molecular flexibility index (Phi) is 3.16. The van der Waals surface area contributed by atoms with Crippen LogP contribution in [0.3, 0.4) is 0 Å². The third-order valence-electron chi connectivity index (χ3n) is 1.85. The molecule has 0 aliphatic heterocycles. The number of hydrogen-bond acceptors (Lipinski definition) is 3. The van der Waals surface area contributed by atoms with E-state index in [4.69, 9.17) is 10.8 Å². The van der Waals surface area contributed by atoms with Crippen molar-refractivity contribution in [3.05, 3.63) is 35.6 Å². The molecule has 0 heterocycles. The van der Waals surface area contributed by atoms with Crippen molar-refractivity contribution in [3.8, 4) is 0 Å². The van der Waals surface area contributed by atoms with Gasteiger partial charge in [0.25, 0.3) is 0 Å². The van der Waals surface area contributed by atoms with E-state index in [9.17, 15) is 14.3 Å². The lowest BCUT2D eigenvalue weighted by molar-refractivity contribution is -0.141. The van der Waals surface area contributed by atoms with Gasteiger partial charge >= 0.3 is 5.97 Å². The van der Waals surface area contributed by atoms with E-state index in [1.165, 1.54) is 18.2 Å². The molecule has 0 saturated carbocycles. The number of carboxylic acid groups (broad SMARTS) is 1. The number of benzene rings is 1. The Bertz CT molecular complexity index is 343. The summed E-state index contributed by atoms with van der Waals surface area (Å²) in [6.07, 6.45) is -1.53. The highest BCUT2D eigenvalue weighted by Crippen LogP contribution is 2.18. The lowest BCUT2D eigenvalue weighted by Gasteiger charge is -2.15. The zero-order chi connectivity index (χ0) is 10.7. The predicted octanol–water partition coefficient (Wildman–Crippen LogP) is 0.271. The topological polar surface area (TPSA) is 83.6 Å². The molecule has 4 nitrogen and oxygen atoms in total. The number of rotatable bonds is 3. The van der Waals surface area contributed by atoms with E-state index in [0.29, 0.717) is 0 Å². The molecule has 14 heavy (non-hydrogen) atoms. The summed E-state index contributed by atoms with van der Waals surface area (Å²) >= 11 is 0. The third kappa shape index (κ3) is 2.07. The van der Waals surface area contributed by atoms with Gasteiger partial charge in [0.15, 0.2) is 0 Å². The van der Waals surface area contributed by atoms with E-state index < -0.39 is 23.9 Å². The quantitative estimate of drug-likeness (QED) is 0.652. The minimum absolute atomic E-state index is 0.109. The maximum absolute atomic E-state index is 13.1. The summed E-state index contributed by atoms with van der Waals surface area (Å²) in [5, 5.41) is 17.9. The molecule has 1 rings (SSSR count). The molecule has 0 bridgehead atoms. The third-order valence-corrected chi connectivity index (χ3v) is 1.85. The summed E-state index contributed by atoms with van der Waals surface area (Å²) in [6.45, 7) is 0. The highest BCUT2D eigenvalue weighted by Gasteiger charge is 2.25. The molecule has 0 spiro atoms. The van der Waals surface area contributed by atoms with E-state index in [1.54, 1.807) is 0 Å². The first kappa shape index (κ1) is 10.6. The zero-order valence-corrected chi connectivity index (χ0v) is 7.22. The minimum Gasteiger partial charge on any atom is -0.480 e. The fourth-order valence-corrected chi connectivity index (χ4v) is 1.04. The summed E-state index contributed by atoms with van der Waals surface area (Å²) in [4.78, 5) is 10.4. The Morgan fingerprint density at radius 3 is 2.50 bits per heavy atom. The molecule has 1 aromatic rings. The maximum Gasteiger partial charge on any atom is 0.323 e. The van der Waals surface area contributed by atoms with Crippen LogP contribution < -0.4 is 5.73 Å². The van der Waals surface area contributed by atoms with E-state index >= 15 is 0 Å². The van der Waals surface area contributed by atoms with Crippen molar-refractivity contribution in [3.63, 3.8) is 0 Å². The summed E-state index contributed by atoms with van der Waals surface area (Å²) in [6, 6.07) is 3.84. The molecule has 76 valence electrons. The number of aliphatic carboxylic acids is 1. The molecule has 0 amide bonds. The van der Waals surface area contributed by atoms with Gasteiger partial charge in [-0.2, -0.15) is 0 Å². The van der Waals surface area contributed by atoms with Gasteiger partial charge in [-0.25, -0.2) is 4.39 Å². The van der Waals surface area contributed by atoms with Crippen molar-refractivity contribution in [2.75, 3.05) is 0 Å². The van der Waals surface area contributed by atoms with E-state index in [1.807, 2.05) is 0 Å². The van der Waals surface area contributed by atoms with Crippen LogP contribution in [0.1, 0.15) is 11.7 Å². The van der Waals surface area contributed by atoms with Gasteiger partial charge in [0, 0.05) is 5.56 Å². The van der Waals surface area contributed by atoms with Crippen LogP contribution >= 0.6 is 0 Å². The second-order valence-corrected chi connectivity index (χ2v) is 2.83. The summed E-state index contributed by atoms with van der Waals surface area (Å²) in [5.74, 6) is -2.04. The van der Waals surface area contributed by atoms with Gasteiger partial charge in [-0.3, -0.25) is 4.79 Å². The normalized spacial score (nSPS) is 14.8. The Morgan fingerprint density at radius 2 is 2.00 bits per heavy atom. The first-order chi connectivity index (χ1) is 6.54. The predicted molar refractivity (Wildman–Crippen MR) is 47.0 cm³/mol. The summed E-state index contributed by atoms with van der Waals surface area (Å²) in [5.41, 5.74) is 5.04. The first-order valence-corrected chi connectivity index (χ1v) is 3.95. The second kappa shape index (κ2) is 4.17. The standard InChI is InChI=1S/C9H10FNO3/c10-6-4-2-1-3-5(6)8(12)7(11)9(13)14/h1-4,7-8,12H,11H2,(H,13,14)/t7-,8+/m1/s1. The fraction of sp³-hybridized carbons (Fsp3) is 0.222. The molecule has 0 aliphatic rings. The first-order valence-electron chi connectivity index (χ1n) is 3.95. The van der Waals surface area contributed by atoms with Crippen LogP contribution in [0.5, 0.6) is 0 Å². The van der Waals surface area contributed by atoms with Crippen LogP contribution in [0.4, 0.5) is 4.39 Å². The van der Waals surface area contributed by atoms with Gasteiger partial charge in [-0.1, -0.05) is 18.2 Å². The monoisotopic (exact) mass is 199 g/mol. The van der Waals surface area contributed by atoms with Crippen LogP contribution in [-0.2, 0) is 4.79 Å². The molecular formula is C9H10FNO3. The van der Waals surface area contributed by atoms with Gasteiger partial charge in [-0.05, 0) is 6.07 Å². The lowest BCUT2D eigenvalue weighted by Crippen LogP contribution is -2.36. The Morgan fingerprint density at radius 1 is 1.43 bits per heavy atom. The molecule has 0 aromatic heterocycles. The van der Waals surface area contributed by atoms with Gasteiger partial charge in [0.05, 0.1) is 0 Å². The molecule has 5 heteroatoms. The number of aliphatic hydroxyl groups is 1. The molecule has 1 aromatic carbocycles. The van der Waals surface area contributed by atoms with Crippen molar-refractivity contribution in [1.29, 1.82) is 0 Å². The molecule has 0 unspecified atom stereocenters. The largest absolute Gasteiger partial charge is 0.480 e. The van der Waals surface area contributed by atoms with Crippen molar-refractivity contribution in [1.82, 2.24) is 0 Å². The maximum atomic E-state index is 13.1. The van der Waals surface area contributed by atoms with Crippen molar-refractivity contribution < 1.29 is 19.4 Å². The smallest absolute Gasteiger partial charge is 0.323 e. The number of hydrogen-bond donors (Lipinski definition) is 3. The van der Waals surface area contributed by atoms with Gasteiger partial charge in [0.1, 0.15) is 18.0 Å².